The first-order valence-electron chi connectivity index (χ1n) is 6.26. The van der Waals surface area contributed by atoms with Gasteiger partial charge in [0.05, 0.1) is 20.1 Å². The van der Waals surface area contributed by atoms with Gasteiger partial charge in [0.2, 0.25) is 0 Å². The number of hydrogen-bond donors (Lipinski definition) is 1. The number of esters is 2. The van der Waals surface area contributed by atoms with Crippen molar-refractivity contribution in [2.75, 3.05) is 14.2 Å². The van der Waals surface area contributed by atoms with Crippen LogP contribution in [0.4, 0.5) is 4.79 Å². The van der Waals surface area contributed by atoms with Crippen LogP contribution in [0.15, 0.2) is 0 Å². The molecule has 0 aliphatic heterocycles. The van der Waals surface area contributed by atoms with Crippen molar-refractivity contribution in [3.63, 3.8) is 0 Å². The highest BCUT2D eigenvalue weighted by Gasteiger charge is 2.29. The molecule has 0 heterocycles. The Kier molecular flexibility index (Phi) is 7.02. The molecule has 7 heteroatoms. The molecule has 0 saturated heterocycles. The fourth-order valence-electron chi connectivity index (χ4n) is 1.46. The van der Waals surface area contributed by atoms with E-state index in [1.807, 2.05) is 0 Å². The zero-order chi connectivity index (χ0) is 15.9. The molecule has 0 radical (unpaired) electrons. The summed E-state index contributed by atoms with van der Waals surface area (Å²) in [5.41, 5.74) is -0.682. The van der Waals surface area contributed by atoms with Crippen molar-refractivity contribution in [1.82, 2.24) is 5.32 Å². The van der Waals surface area contributed by atoms with Gasteiger partial charge in [-0.2, -0.15) is 0 Å². The first kappa shape index (κ1) is 18.2. The summed E-state index contributed by atoms with van der Waals surface area (Å²) in [7, 11) is 2.46. The van der Waals surface area contributed by atoms with E-state index in [0.29, 0.717) is 0 Å². The van der Waals surface area contributed by atoms with Gasteiger partial charge in [0.15, 0.2) is 0 Å². The SMILES string of the molecule is COC(=O)C(C)C[C@@H](NC(=O)OC(C)(C)C)C(=O)OC. The zero-order valence-corrected chi connectivity index (χ0v) is 12.8. The highest BCUT2D eigenvalue weighted by Crippen LogP contribution is 2.11. The van der Waals surface area contributed by atoms with Crippen LogP contribution in [0, 0.1) is 5.92 Å². The average Bonchev–Trinajstić information content (AvgIpc) is 2.33. The number of carbonyl (C=O) groups excluding carboxylic acids is 3. The molecule has 0 rings (SSSR count). The molecule has 0 spiro atoms. The lowest BCUT2D eigenvalue weighted by Crippen LogP contribution is -2.45. The van der Waals surface area contributed by atoms with Crippen LogP contribution in [0.3, 0.4) is 0 Å². The topological polar surface area (TPSA) is 90.9 Å². The molecule has 0 aromatic heterocycles. The van der Waals surface area contributed by atoms with Gasteiger partial charge in [0, 0.05) is 0 Å². The Balaban J connectivity index is 4.70. The van der Waals surface area contributed by atoms with Crippen molar-refractivity contribution < 1.29 is 28.6 Å². The summed E-state index contributed by atoms with van der Waals surface area (Å²) in [4.78, 5) is 34.6. The lowest BCUT2D eigenvalue weighted by atomic mass is 10.0. The number of alkyl carbamates (subject to hydrolysis) is 1. The monoisotopic (exact) mass is 289 g/mol. The lowest BCUT2D eigenvalue weighted by Gasteiger charge is -2.23. The Morgan fingerprint density at radius 1 is 1.05 bits per heavy atom. The summed E-state index contributed by atoms with van der Waals surface area (Å²) in [5.74, 6) is -1.67. The van der Waals surface area contributed by atoms with E-state index in [2.05, 4.69) is 14.8 Å². The Morgan fingerprint density at radius 3 is 1.95 bits per heavy atom. The van der Waals surface area contributed by atoms with E-state index >= 15 is 0 Å². The summed E-state index contributed by atoms with van der Waals surface area (Å²) in [6.07, 6.45) is -0.677. The van der Waals surface area contributed by atoms with E-state index in [1.165, 1.54) is 14.2 Å². The molecule has 1 unspecified atom stereocenters. The van der Waals surface area contributed by atoms with Gasteiger partial charge in [-0.15, -0.1) is 0 Å². The first-order chi connectivity index (χ1) is 9.10. The van der Waals surface area contributed by atoms with E-state index in [-0.39, 0.29) is 6.42 Å². The molecule has 0 saturated carbocycles. The Bertz CT molecular complexity index is 360. The third-order valence-corrected chi connectivity index (χ3v) is 2.37. The largest absolute Gasteiger partial charge is 0.469 e. The Labute approximate surface area is 118 Å². The van der Waals surface area contributed by atoms with Crippen LogP contribution in [0.1, 0.15) is 34.1 Å². The fourth-order valence-corrected chi connectivity index (χ4v) is 1.46. The molecule has 0 bridgehead atoms. The summed E-state index contributed by atoms with van der Waals surface area (Å²) in [5, 5.41) is 2.39. The van der Waals surface area contributed by atoms with Crippen LogP contribution in [0.2, 0.25) is 0 Å². The Morgan fingerprint density at radius 2 is 1.55 bits per heavy atom. The van der Waals surface area contributed by atoms with Gasteiger partial charge in [0.25, 0.3) is 0 Å². The van der Waals surface area contributed by atoms with E-state index in [1.54, 1.807) is 27.7 Å². The molecule has 20 heavy (non-hydrogen) atoms. The quantitative estimate of drug-likeness (QED) is 0.605. The molecular weight excluding hydrogens is 266 g/mol. The number of hydrogen-bond acceptors (Lipinski definition) is 6. The maximum absolute atomic E-state index is 11.7. The average molecular weight is 289 g/mol. The summed E-state index contributed by atoms with van der Waals surface area (Å²) >= 11 is 0. The number of nitrogens with one attached hydrogen (secondary N) is 1. The minimum Gasteiger partial charge on any atom is -0.469 e. The molecule has 116 valence electrons. The van der Waals surface area contributed by atoms with Crippen molar-refractivity contribution in [1.29, 1.82) is 0 Å². The molecule has 1 N–H and O–H groups in total. The van der Waals surface area contributed by atoms with Gasteiger partial charge in [0.1, 0.15) is 11.6 Å². The predicted molar refractivity (Wildman–Crippen MR) is 71.0 cm³/mol. The van der Waals surface area contributed by atoms with Crippen molar-refractivity contribution in [3.8, 4) is 0 Å². The van der Waals surface area contributed by atoms with Gasteiger partial charge < -0.3 is 19.5 Å². The van der Waals surface area contributed by atoms with Crippen LogP contribution in [-0.2, 0) is 23.8 Å². The van der Waals surface area contributed by atoms with Crippen molar-refractivity contribution >= 4 is 18.0 Å². The van der Waals surface area contributed by atoms with E-state index in [4.69, 9.17) is 4.74 Å². The number of rotatable bonds is 5. The minimum atomic E-state index is -0.969. The summed E-state index contributed by atoms with van der Waals surface area (Å²) in [6, 6.07) is -0.969. The minimum absolute atomic E-state index is 0.0680. The first-order valence-corrected chi connectivity index (χ1v) is 6.26. The highest BCUT2D eigenvalue weighted by molar-refractivity contribution is 5.82. The lowest BCUT2D eigenvalue weighted by molar-refractivity contribution is -0.147. The second-order valence-electron chi connectivity index (χ2n) is 5.38. The van der Waals surface area contributed by atoms with E-state index < -0.39 is 35.6 Å². The number of ether oxygens (including phenoxy) is 3. The molecule has 2 atom stereocenters. The fraction of sp³-hybridized carbons (Fsp3) is 0.769. The second kappa shape index (κ2) is 7.72. The smallest absolute Gasteiger partial charge is 0.408 e. The number of amides is 1. The third-order valence-electron chi connectivity index (χ3n) is 2.37. The Hall–Kier alpha value is -1.79. The molecule has 1 amide bonds. The van der Waals surface area contributed by atoms with E-state index in [0.717, 1.165) is 0 Å². The third kappa shape index (κ3) is 6.96. The van der Waals surface area contributed by atoms with Crippen LogP contribution in [0.5, 0.6) is 0 Å². The van der Waals surface area contributed by atoms with Gasteiger partial charge >= 0.3 is 18.0 Å². The van der Waals surface area contributed by atoms with Gasteiger partial charge in [-0.05, 0) is 27.2 Å². The molecular formula is C13H23NO6. The van der Waals surface area contributed by atoms with Gasteiger partial charge in [-0.25, -0.2) is 9.59 Å². The zero-order valence-electron chi connectivity index (χ0n) is 12.8. The summed E-state index contributed by atoms with van der Waals surface area (Å²) in [6.45, 7) is 6.71. The number of carbonyl (C=O) groups is 3. The molecule has 7 nitrogen and oxygen atoms in total. The predicted octanol–water partition coefficient (Wildman–Crippen LogP) is 1.25. The van der Waals surface area contributed by atoms with Crippen LogP contribution in [-0.4, -0.2) is 43.9 Å². The van der Waals surface area contributed by atoms with E-state index in [9.17, 15) is 14.4 Å². The molecule has 0 aliphatic carbocycles. The molecule has 0 aromatic rings. The van der Waals surface area contributed by atoms with Crippen molar-refractivity contribution in [2.24, 2.45) is 5.92 Å². The van der Waals surface area contributed by atoms with Crippen LogP contribution < -0.4 is 5.32 Å². The molecule has 0 aromatic carbocycles. The number of methoxy groups -OCH3 is 2. The highest BCUT2D eigenvalue weighted by atomic mass is 16.6. The normalized spacial score (nSPS) is 13.9. The van der Waals surface area contributed by atoms with Gasteiger partial charge in [-0.1, -0.05) is 6.92 Å². The van der Waals surface area contributed by atoms with Gasteiger partial charge in [-0.3, -0.25) is 4.79 Å². The van der Waals surface area contributed by atoms with Crippen LogP contribution >= 0.6 is 0 Å². The molecule has 0 fully saturated rings. The van der Waals surface area contributed by atoms with Crippen molar-refractivity contribution in [2.45, 2.75) is 45.8 Å². The summed E-state index contributed by atoms with van der Waals surface area (Å²) < 4.78 is 14.2. The van der Waals surface area contributed by atoms with Crippen LogP contribution in [0.25, 0.3) is 0 Å². The maximum Gasteiger partial charge on any atom is 0.408 e. The van der Waals surface area contributed by atoms with Crippen molar-refractivity contribution in [3.05, 3.63) is 0 Å². The second-order valence-corrected chi connectivity index (χ2v) is 5.38. The maximum atomic E-state index is 11.7. The standard InChI is InChI=1S/C13H23NO6/c1-8(10(15)18-5)7-9(11(16)19-6)14-12(17)20-13(2,3)4/h8-9H,7H2,1-6H3,(H,14,17)/t8?,9-/m1/s1. The molecule has 0 aliphatic rings.